The van der Waals surface area contributed by atoms with E-state index in [4.69, 9.17) is 9.84 Å². The maximum atomic E-state index is 13.2. The quantitative estimate of drug-likeness (QED) is 0.474. The van der Waals surface area contributed by atoms with Crippen molar-refractivity contribution in [2.45, 2.75) is 63.3 Å². The number of allylic oxidation sites excluding steroid dienone is 2. The van der Waals surface area contributed by atoms with Gasteiger partial charge in [0.25, 0.3) is 0 Å². The van der Waals surface area contributed by atoms with E-state index in [1.165, 1.54) is 0 Å². The Labute approximate surface area is 195 Å². The molecule has 6 nitrogen and oxygen atoms in total. The van der Waals surface area contributed by atoms with Crippen LogP contribution in [0.5, 0.6) is 0 Å². The maximum absolute atomic E-state index is 13.2. The highest BCUT2D eigenvalue weighted by Crippen LogP contribution is 2.25. The van der Waals surface area contributed by atoms with Crippen molar-refractivity contribution in [3.63, 3.8) is 0 Å². The number of nitrogens with zero attached hydrogens (tertiary/aromatic N) is 1. The number of fused-ring (bicyclic) bond motifs is 2. The first-order valence-electron chi connectivity index (χ1n) is 11.9. The summed E-state index contributed by atoms with van der Waals surface area (Å²) in [6.45, 7) is 1.13. The second-order valence-corrected chi connectivity index (χ2v) is 8.87. The van der Waals surface area contributed by atoms with Crippen molar-refractivity contribution >= 4 is 11.8 Å². The summed E-state index contributed by atoms with van der Waals surface area (Å²) in [6, 6.07) is 7.80. The molecular weight excluding hydrogens is 416 g/mol. The van der Waals surface area contributed by atoms with Crippen molar-refractivity contribution in [3.05, 3.63) is 59.7 Å². The fourth-order valence-corrected chi connectivity index (χ4v) is 4.65. The van der Waals surface area contributed by atoms with Gasteiger partial charge in [0.1, 0.15) is 0 Å². The minimum atomic E-state index is -0.124. The van der Waals surface area contributed by atoms with Crippen molar-refractivity contribution in [2.75, 3.05) is 13.2 Å². The van der Waals surface area contributed by atoms with E-state index in [9.17, 15) is 9.59 Å². The average molecular weight is 449 g/mol. The maximum Gasteiger partial charge on any atom is 0.223 e. The van der Waals surface area contributed by atoms with Gasteiger partial charge in [-0.2, -0.15) is 0 Å². The van der Waals surface area contributed by atoms with Crippen molar-refractivity contribution in [3.8, 4) is 11.8 Å². The molecule has 0 radical (unpaired) electrons. The van der Waals surface area contributed by atoms with E-state index in [0.29, 0.717) is 13.1 Å². The van der Waals surface area contributed by atoms with Crippen LogP contribution in [0.15, 0.2) is 48.6 Å². The van der Waals surface area contributed by atoms with Crippen molar-refractivity contribution in [1.82, 2.24) is 10.2 Å². The molecule has 4 unspecified atom stereocenters. The number of carbonyl (C=O) groups is 2. The molecule has 2 aliphatic heterocycles. The van der Waals surface area contributed by atoms with Gasteiger partial charge in [-0.05, 0) is 37.3 Å². The van der Waals surface area contributed by atoms with Crippen LogP contribution in [0.1, 0.15) is 49.7 Å². The van der Waals surface area contributed by atoms with Gasteiger partial charge in [0.2, 0.25) is 11.8 Å². The molecule has 1 aromatic carbocycles. The first-order valence-corrected chi connectivity index (χ1v) is 11.9. The summed E-state index contributed by atoms with van der Waals surface area (Å²) in [4.78, 5) is 27.4. The molecule has 0 saturated carbocycles. The van der Waals surface area contributed by atoms with Crippen LogP contribution in [0.25, 0.3) is 0 Å². The third-order valence-electron chi connectivity index (χ3n) is 6.51. The molecule has 6 heteroatoms. The number of benzene rings is 1. The smallest absolute Gasteiger partial charge is 0.223 e. The summed E-state index contributed by atoms with van der Waals surface area (Å²) in [7, 11) is 0. The lowest BCUT2D eigenvalue weighted by atomic mass is 9.91. The molecule has 33 heavy (non-hydrogen) atoms. The van der Waals surface area contributed by atoms with Crippen LogP contribution in [0.3, 0.4) is 0 Å². The van der Waals surface area contributed by atoms with Crippen LogP contribution in [-0.4, -0.2) is 53.2 Å². The Bertz CT molecular complexity index is 974. The van der Waals surface area contributed by atoms with Gasteiger partial charge in [0.05, 0.1) is 30.8 Å². The van der Waals surface area contributed by atoms with E-state index in [2.05, 4.69) is 17.2 Å². The molecule has 174 valence electrons. The number of hydrogen-bond acceptors (Lipinski definition) is 4. The third-order valence-corrected chi connectivity index (χ3v) is 6.51. The molecule has 1 aromatic rings. The lowest BCUT2D eigenvalue weighted by Crippen LogP contribution is -2.44. The van der Waals surface area contributed by atoms with Gasteiger partial charge >= 0.3 is 0 Å². The van der Waals surface area contributed by atoms with Gasteiger partial charge in [-0.3, -0.25) is 9.59 Å². The Morgan fingerprint density at radius 2 is 1.94 bits per heavy atom. The van der Waals surface area contributed by atoms with Crippen molar-refractivity contribution in [2.24, 2.45) is 5.92 Å². The van der Waals surface area contributed by atoms with E-state index in [1.54, 1.807) is 0 Å². The molecule has 2 N–H and O–H groups in total. The Balaban J connectivity index is 1.27. The zero-order valence-corrected chi connectivity index (χ0v) is 18.9. The number of nitrogens with one attached hydrogen (secondary N) is 1. The summed E-state index contributed by atoms with van der Waals surface area (Å²) >= 11 is 0. The third kappa shape index (κ3) is 6.13. The van der Waals surface area contributed by atoms with Gasteiger partial charge in [0, 0.05) is 31.5 Å². The second-order valence-electron chi connectivity index (χ2n) is 8.87. The van der Waals surface area contributed by atoms with Crippen LogP contribution in [0.2, 0.25) is 0 Å². The minimum absolute atomic E-state index is 0.0343. The average Bonchev–Trinajstić information content (AvgIpc) is 3.30. The number of hydrogen-bond donors (Lipinski definition) is 2. The van der Waals surface area contributed by atoms with E-state index < -0.39 is 0 Å². The van der Waals surface area contributed by atoms with Crippen LogP contribution >= 0.6 is 0 Å². The largest absolute Gasteiger partial charge is 0.394 e. The summed E-state index contributed by atoms with van der Waals surface area (Å²) < 4.78 is 5.72. The Hall–Kier alpha value is -2.88. The number of aliphatic hydroxyl groups excluding tert-OH is 1. The normalized spacial score (nSPS) is 25.3. The monoisotopic (exact) mass is 448 g/mol. The highest BCUT2D eigenvalue weighted by atomic mass is 16.5. The predicted molar refractivity (Wildman–Crippen MR) is 126 cm³/mol. The predicted octanol–water partition coefficient (Wildman–Crippen LogP) is 2.71. The fourth-order valence-electron chi connectivity index (χ4n) is 4.65. The summed E-state index contributed by atoms with van der Waals surface area (Å²) in [6.07, 6.45) is 12.0. The fraction of sp³-hybridized carbons (Fsp3) is 0.481. The van der Waals surface area contributed by atoms with E-state index in [-0.39, 0.29) is 55.4 Å². The van der Waals surface area contributed by atoms with Crippen molar-refractivity contribution < 1.29 is 19.4 Å². The molecule has 4 atom stereocenters. The number of ether oxygens (including phenoxy) is 1. The number of carbonyl (C=O) groups excluding carboxylic acids is 2. The Morgan fingerprint density at radius 3 is 2.79 bits per heavy atom. The van der Waals surface area contributed by atoms with Crippen molar-refractivity contribution in [1.29, 1.82) is 0 Å². The highest BCUT2D eigenvalue weighted by molar-refractivity contribution is 5.84. The molecule has 3 aliphatic rings. The Kier molecular flexibility index (Phi) is 7.98. The molecule has 1 fully saturated rings. The van der Waals surface area contributed by atoms with Crippen LogP contribution in [0.4, 0.5) is 0 Å². The van der Waals surface area contributed by atoms with Crippen LogP contribution < -0.4 is 5.32 Å². The van der Waals surface area contributed by atoms with Gasteiger partial charge in [0.15, 0.2) is 0 Å². The molecule has 0 spiro atoms. The molecule has 2 amide bonds. The molecule has 1 saturated heterocycles. The molecule has 2 heterocycles. The zero-order valence-electron chi connectivity index (χ0n) is 18.9. The zero-order chi connectivity index (χ0) is 23.0. The number of amides is 2. The van der Waals surface area contributed by atoms with Gasteiger partial charge in [-0.15, -0.1) is 0 Å². The number of rotatable bonds is 8. The SMILES string of the molecule is O=C(CCC(=O)N1Cc2ccccc2C#CC2C=CC=CC21)NCCCC1CCC(CO)O1. The summed E-state index contributed by atoms with van der Waals surface area (Å²) in [5, 5.41) is 12.1. The number of aliphatic hydroxyl groups is 1. The standard InChI is InChI=1S/C27H32N2O4/c30-19-24-14-13-23(33-24)9-5-17-28-26(31)15-16-27(32)29-18-22-8-2-1-6-20(22)11-12-21-7-3-4-10-25(21)29/h1-4,6-8,10,21,23-25,30H,5,9,13-19H2,(H,28,31). The van der Waals surface area contributed by atoms with Crippen LogP contribution in [0, 0.1) is 17.8 Å². The minimum Gasteiger partial charge on any atom is -0.394 e. The Morgan fingerprint density at radius 1 is 1.12 bits per heavy atom. The summed E-state index contributed by atoms with van der Waals surface area (Å²) in [5.74, 6) is 6.39. The van der Waals surface area contributed by atoms with E-state index in [1.807, 2.05) is 53.5 Å². The topological polar surface area (TPSA) is 78.9 Å². The van der Waals surface area contributed by atoms with Gasteiger partial charge in [-0.1, -0.05) is 54.3 Å². The first kappa shape index (κ1) is 23.3. The van der Waals surface area contributed by atoms with Gasteiger partial charge in [-0.25, -0.2) is 0 Å². The lowest BCUT2D eigenvalue weighted by Gasteiger charge is -2.35. The van der Waals surface area contributed by atoms with Gasteiger partial charge < -0.3 is 20.1 Å². The molecule has 1 aliphatic carbocycles. The molecule has 0 aromatic heterocycles. The highest BCUT2D eigenvalue weighted by Gasteiger charge is 2.30. The van der Waals surface area contributed by atoms with E-state index in [0.717, 1.165) is 36.8 Å². The molecule has 4 rings (SSSR count). The molecule has 0 bridgehead atoms. The first-order chi connectivity index (χ1) is 16.1. The summed E-state index contributed by atoms with van der Waals surface area (Å²) in [5.41, 5.74) is 1.98. The van der Waals surface area contributed by atoms with E-state index >= 15 is 0 Å². The lowest BCUT2D eigenvalue weighted by molar-refractivity contribution is -0.135. The van der Waals surface area contributed by atoms with Crippen LogP contribution in [-0.2, 0) is 20.9 Å². The molecular formula is C27H32N2O4. The second kappa shape index (κ2) is 11.3.